The van der Waals surface area contributed by atoms with Crippen LogP contribution < -0.4 is 15.4 Å². The lowest BCUT2D eigenvalue weighted by atomic mass is 10.3. The van der Waals surface area contributed by atoms with Gasteiger partial charge in [-0.2, -0.15) is 0 Å². The Balaban J connectivity index is 1.67. The molecule has 0 aliphatic carbocycles. The van der Waals surface area contributed by atoms with Gasteiger partial charge < -0.3 is 15.1 Å². The van der Waals surface area contributed by atoms with Crippen molar-refractivity contribution in [3.8, 4) is 0 Å². The molecule has 0 aliphatic heterocycles. The van der Waals surface area contributed by atoms with Crippen molar-refractivity contribution in [1.82, 2.24) is 0 Å². The molecule has 0 unspecified atom stereocenters. The van der Waals surface area contributed by atoms with Gasteiger partial charge in [0.2, 0.25) is 5.91 Å². The molecule has 2 amide bonds. The molecule has 28 heavy (non-hydrogen) atoms. The molecule has 9 heteroatoms. The van der Waals surface area contributed by atoms with Gasteiger partial charge in [0, 0.05) is 24.0 Å². The van der Waals surface area contributed by atoms with E-state index in [0.717, 1.165) is 0 Å². The van der Waals surface area contributed by atoms with Crippen LogP contribution in [-0.2, 0) is 14.8 Å². The van der Waals surface area contributed by atoms with E-state index < -0.39 is 15.9 Å². The number of hydrogen-bond donors (Lipinski definition) is 3. The van der Waals surface area contributed by atoms with Crippen LogP contribution in [0.25, 0.3) is 0 Å². The van der Waals surface area contributed by atoms with E-state index in [2.05, 4.69) is 15.4 Å². The van der Waals surface area contributed by atoms with Crippen molar-refractivity contribution in [2.24, 2.45) is 0 Å². The quantitative estimate of drug-likeness (QED) is 0.588. The first-order valence-electron chi connectivity index (χ1n) is 8.19. The Kier molecular flexibility index (Phi) is 5.46. The van der Waals surface area contributed by atoms with Gasteiger partial charge in [-0.05, 0) is 60.7 Å². The van der Waals surface area contributed by atoms with E-state index in [1.807, 2.05) is 0 Å². The van der Waals surface area contributed by atoms with Crippen molar-refractivity contribution in [3.05, 3.63) is 72.7 Å². The van der Waals surface area contributed by atoms with E-state index >= 15 is 0 Å². The molecule has 0 aliphatic rings. The maximum atomic E-state index is 12.5. The standard InChI is InChI=1S/C19H17N3O5S/c1-13(23)20-14-8-10-17(11-9-14)28(25,26)22-16-6-4-15(5-7-16)21-19(24)18-3-2-12-27-18/h2-12,22H,1H3,(H,20,23)(H,21,24). The fourth-order valence-corrected chi connectivity index (χ4v) is 3.42. The van der Waals surface area contributed by atoms with E-state index in [4.69, 9.17) is 4.42 Å². The molecule has 1 heterocycles. The van der Waals surface area contributed by atoms with Gasteiger partial charge in [-0.3, -0.25) is 14.3 Å². The second-order valence-electron chi connectivity index (χ2n) is 5.82. The van der Waals surface area contributed by atoms with Crippen molar-refractivity contribution >= 4 is 38.9 Å². The maximum Gasteiger partial charge on any atom is 0.291 e. The Hall–Kier alpha value is -3.59. The first-order valence-corrected chi connectivity index (χ1v) is 9.67. The Morgan fingerprint density at radius 1 is 0.821 bits per heavy atom. The van der Waals surface area contributed by atoms with Gasteiger partial charge in [0.1, 0.15) is 0 Å². The van der Waals surface area contributed by atoms with Gasteiger partial charge >= 0.3 is 0 Å². The summed E-state index contributed by atoms with van der Waals surface area (Å²) in [7, 11) is -3.79. The molecule has 3 N–H and O–H groups in total. The molecule has 0 atom stereocenters. The number of rotatable bonds is 6. The summed E-state index contributed by atoms with van der Waals surface area (Å²) in [5.74, 6) is -0.474. The zero-order chi connectivity index (χ0) is 20.1. The molecule has 3 rings (SSSR count). The molecule has 0 spiro atoms. The van der Waals surface area contributed by atoms with Gasteiger partial charge in [0.25, 0.3) is 15.9 Å². The van der Waals surface area contributed by atoms with Crippen LogP contribution in [-0.4, -0.2) is 20.2 Å². The van der Waals surface area contributed by atoms with Crippen LogP contribution >= 0.6 is 0 Å². The number of carbonyl (C=O) groups is 2. The number of carbonyl (C=O) groups excluding carboxylic acids is 2. The number of anilines is 3. The number of amides is 2. The van der Waals surface area contributed by atoms with Crippen LogP contribution in [0.4, 0.5) is 17.1 Å². The average Bonchev–Trinajstić information content (AvgIpc) is 3.18. The van der Waals surface area contributed by atoms with Crippen molar-refractivity contribution in [3.63, 3.8) is 0 Å². The molecule has 8 nitrogen and oxygen atoms in total. The predicted molar refractivity (Wildman–Crippen MR) is 105 cm³/mol. The normalized spacial score (nSPS) is 10.9. The summed E-state index contributed by atoms with van der Waals surface area (Å²) in [4.78, 5) is 23.0. The third-order valence-electron chi connectivity index (χ3n) is 3.62. The molecular weight excluding hydrogens is 382 g/mol. The first kappa shape index (κ1) is 19.2. The molecule has 1 aromatic heterocycles. The smallest absolute Gasteiger partial charge is 0.291 e. The van der Waals surface area contributed by atoms with Crippen LogP contribution in [0, 0.1) is 0 Å². The van der Waals surface area contributed by atoms with Crippen LogP contribution in [0.15, 0.2) is 76.2 Å². The highest BCUT2D eigenvalue weighted by molar-refractivity contribution is 7.92. The number of nitrogens with one attached hydrogen (secondary N) is 3. The summed E-state index contributed by atoms with van der Waals surface area (Å²) >= 11 is 0. The van der Waals surface area contributed by atoms with Crippen molar-refractivity contribution in [2.75, 3.05) is 15.4 Å². The zero-order valence-electron chi connectivity index (χ0n) is 14.8. The second kappa shape index (κ2) is 7.97. The molecule has 0 saturated heterocycles. The molecular formula is C19H17N3O5S. The average molecular weight is 399 g/mol. The summed E-state index contributed by atoms with van der Waals surface area (Å²) in [6.07, 6.45) is 1.40. The van der Waals surface area contributed by atoms with E-state index in [0.29, 0.717) is 17.1 Å². The van der Waals surface area contributed by atoms with Crippen molar-refractivity contribution < 1.29 is 22.4 Å². The molecule has 144 valence electrons. The van der Waals surface area contributed by atoms with Crippen molar-refractivity contribution in [2.45, 2.75) is 11.8 Å². The minimum Gasteiger partial charge on any atom is -0.459 e. The number of furan rings is 1. The number of sulfonamides is 1. The third-order valence-corrected chi connectivity index (χ3v) is 5.02. The van der Waals surface area contributed by atoms with Crippen molar-refractivity contribution in [1.29, 1.82) is 0 Å². The lowest BCUT2D eigenvalue weighted by Crippen LogP contribution is -2.14. The maximum absolute atomic E-state index is 12.5. The first-order chi connectivity index (χ1) is 13.3. The summed E-state index contributed by atoms with van der Waals surface area (Å²) < 4.78 is 32.4. The highest BCUT2D eigenvalue weighted by atomic mass is 32.2. The van der Waals surface area contributed by atoms with Crippen LogP contribution in [0.3, 0.4) is 0 Å². The Morgan fingerprint density at radius 3 is 1.96 bits per heavy atom. The van der Waals surface area contributed by atoms with Gasteiger partial charge in [0.05, 0.1) is 11.2 Å². The minimum atomic E-state index is -3.79. The Bertz CT molecular complexity index is 1070. The molecule has 2 aromatic carbocycles. The zero-order valence-corrected chi connectivity index (χ0v) is 15.6. The lowest BCUT2D eigenvalue weighted by molar-refractivity contribution is -0.114. The number of benzene rings is 2. The third kappa shape index (κ3) is 4.77. The predicted octanol–water partition coefficient (Wildman–Crippen LogP) is 3.29. The highest BCUT2D eigenvalue weighted by Crippen LogP contribution is 2.20. The van der Waals surface area contributed by atoms with Gasteiger partial charge in [0.15, 0.2) is 5.76 Å². The van der Waals surface area contributed by atoms with Gasteiger partial charge in [-0.1, -0.05) is 0 Å². The monoisotopic (exact) mass is 399 g/mol. The number of hydrogen-bond acceptors (Lipinski definition) is 5. The van der Waals surface area contributed by atoms with E-state index in [1.165, 1.54) is 55.7 Å². The highest BCUT2D eigenvalue weighted by Gasteiger charge is 2.14. The summed E-state index contributed by atoms with van der Waals surface area (Å²) in [6, 6.07) is 15.1. The molecule has 0 fully saturated rings. The second-order valence-corrected chi connectivity index (χ2v) is 7.50. The lowest BCUT2D eigenvalue weighted by Gasteiger charge is -2.10. The molecule has 3 aromatic rings. The van der Waals surface area contributed by atoms with E-state index in [9.17, 15) is 18.0 Å². The van der Waals surface area contributed by atoms with Gasteiger partial charge in [-0.15, -0.1) is 0 Å². The summed E-state index contributed by atoms with van der Waals surface area (Å²) in [5, 5.41) is 5.21. The minimum absolute atomic E-state index is 0.0526. The van der Waals surface area contributed by atoms with E-state index in [-0.39, 0.29) is 16.6 Å². The summed E-state index contributed by atoms with van der Waals surface area (Å²) in [6.45, 7) is 1.37. The van der Waals surface area contributed by atoms with Crippen LogP contribution in [0.1, 0.15) is 17.5 Å². The molecule has 0 radical (unpaired) electrons. The van der Waals surface area contributed by atoms with Crippen LogP contribution in [0.5, 0.6) is 0 Å². The van der Waals surface area contributed by atoms with E-state index in [1.54, 1.807) is 18.2 Å². The Morgan fingerprint density at radius 2 is 1.39 bits per heavy atom. The topological polar surface area (TPSA) is 118 Å². The molecule has 0 saturated carbocycles. The fourth-order valence-electron chi connectivity index (χ4n) is 2.36. The summed E-state index contributed by atoms with van der Waals surface area (Å²) in [5.41, 5.74) is 1.33. The largest absolute Gasteiger partial charge is 0.459 e. The fraction of sp³-hybridized carbons (Fsp3) is 0.0526. The Labute approximate surface area is 161 Å². The molecule has 0 bridgehead atoms. The SMILES string of the molecule is CC(=O)Nc1ccc(S(=O)(=O)Nc2ccc(NC(=O)c3ccco3)cc2)cc1. The van der Waals surface area contributed by atoms with Gasteiger partial charge in [-0.25, -0.2) is 8.42 Å². The van der Waals surface area contributed by atoms with Crippen LogP contribution in [0.2, 0.25) is 0 Å².